The molecule has 1 aliphatic carbocycles. The van der Waals surface area contributed by atoms with E-state index in [9.17, 15) is 9.59 Å². The lowest BCUT2D eigenvalue weighted by Gasteiger charge is -2.29. The molecule has 0 spiro atoms. The van der Waals surface area contributed by atoms with Crippen LogP contribution in [-0.4, -0.2) is 32.3 Å². The van der Waals surface area contributed by atoms with E-state index in [4.69, 9.17) is 0 Å². The third-order valence-electron chi connectivity index (χ3n) is 5.63. The molecular formula is C22H26N4O2S2. The fourth-order valence-electron chi connectivity index (χ4n) is 4.11. The zero-order chi connectivity index (χ0) is 21.3. The Morgan fingerprint density at radius 3 is 2.53 bits per heavy atom. The van der Waals surface area contributed by atoms with Crippen LogP contribution in [0.3, 0.4) is 0 Å². The van der Waals surface area contributed by atoms with Crippen LogP contribution in [-0.2, 0) is 9.59 Å². The van der Waals surface area contributed by atoms with E-state index in [1.807, 2.05) is 18.7 Å². The molecule has 1 aliphatic heterocycles. The summed E-state index contributed by atoms with van der Waals surface area (Å²) in [6.45, 7) is 5.70. The van der Waals surface area contributed by atoms with Crippen molar-refractivity contribution in [3.8, 4) is 0 Å². The van der Waals surface area contributed by atoms with Gasteiger partial charge in [0.2, 0.25) is 11.8 Å². The Hall–Kier alpha value is -2.06. The van der Waals surface area contributed by atoms with Crippen molar-refractivity contribution in [1.29, 1.82) is 0 Å². The number of thioether (sulfide) groups is 2. The van der Waals surface area contributed by atoms with Crippen molar-refractivity contribution < 1.29 is 9.59 Å². The molecule has 0 saturated heterocycles. The van der Waals surface area contributed by atoms with Gasteiger partial charge in [0.05, 0.1) is 5.25 Å². The van der Waals surface area contributed by atoms with E-state index >= 15 is 0 Å². The molecule has 2 N–H and O–H groups in total. The quantitative estimate of drug-likeness (QED) is 0.504. The number of hydrogen-bond donors (Lipinski definition) is 2. The van der Waals surface area contributed by atoms with Gasteiger partial charge in [-0.25, -0.2) is 9.97 Å². The van der Waals surface area contributed by atoms with Gasteiger partial charge in [-0.15, -0.1) is 11.8 Å². The maximum Gasteiger partial charge on any atom is 0.237 e. The summed E-state index contributed by atoms with van der Waals surface area (Å²) >= 11 is 3.40. The van der Waals surface area contributed by atoms with Gasteiger partial charge in [-0.2, -0.15) is 0 Å². The van der Waals surface area contributed by atoms with Crippen LogP contribution in [0.5, 0.6) is 0 Å². The summed E-state index contributed by atoms with van der Waals surface area (Å²) < 4.78 is 0. The SMILES string of the molecule is CC(=O)Nc1ccc(NC(=O)C(C)Sc2ncnc3c2C2CCC(C)CC2S3)cc1. The number of aromatic nitrogens is 2. The summed E-state index contributed by atoms with van der Waals surface area (Å²) in [5.74, 6) is 1.07. The van der Waals surface area contributed by atoms with Crippen LogP contribution >= 0.6 is 23.5 Å². The van der Waals surface area contributed by atoms with Gasteiger partial charge in [0.1, 0.15) is 16.4 Å². The number of carbonyl (C=O) groups excluding carboxylic acids is 2. The van der Waals surface area contributed by atoms with Crippen LogP contribution in [0.1, 0.15) is 51.5 Å². The Morgan fingerprint density at radius 1 is 1.13 bits per heavy atom. The molecule has 4 rings (SSSR count). The molecule has 2 heterocycles. The zero-order valence-electron chi connectivity index (χ0n) is 17.3. The molecule has 2 aliphatic rings. The van der Waals surface area contributed by atoms with E-state index in [-0.39, 0.29) is 17.1 Å². The maximum atomic E-state index is 12.8. The average Bonchev–Trinajstić information content (AvgIpc) is 3.07. The molecule has 6 nitrogen and oxygen atoms in total. The molecule has 4 unspecified atom stereocenters. The molecule has 30 heavy (non-hydrogen) atoms. The number of anilines is 2. The Labute approximate surface area is 185 Å². The smallest absolute Gasteiger partial charge is 0.237 e. The highest BCUT2D eigenvalue weighted by Crippen LogP contribution is 2.54. The second-order valence-corrected chi connectivity index (χ2v) is 10.6. The Morgan fingerprint density at radius 2 is 1.83 bits per heavy atom. The molecule has 0 radical (unpaired) electrons. The lowest BCUT2D eigenvalue weighted by molar-refractivity contribution is -0.115. The van der Waals surface area contributed by atoms with Crippen molar-refractivity contribution in [3.05, 3.63) is 36.2 Å². The number of amides is 2. The number of rotatable bonds is 5. The second kappa shape index (κ2) is 8.98. The van der Waals surface area contributed by atoms with Gasteiger partial charge in [0.15, 0.2) is 0 Å². The van der Waals surface area contributed by atoms with E-state index in [0.29, 0.717) is 22.5 Å². The minimum atomic E-state index is -0.286. The molecule has 2 aromatic rings. The summed E-state index contributed by atoms with van der Waals surface area (Å²) in [5, 5.41) is 8.01. The first-order valence-electron chi connectivity index (χ1n) is 10.3. The van der Waals surface area contributed by atoms with Crippen molar-refractivity contribution in [1.82, 2.24) is 9.97 Å². The molecule has 4 atom stereocenters. The highest BCUT2D eigenvalue weighted by Gasteiger charge is 2.40. The Balaban J connectivity index is 1.42. The monoisotopic (exact) mass is 442 g/mol. The van der Waals surface area contributed by atoms with Gasteiger partial charge in [-0.3, -0.25) is 9.59 Å². The Bertz CT molecular complexity index is 951. The summed E-state index contributed by atoms with van der Waals surface area (Å²) in [5.41, 5.74) is 2.66. The van der Waals surface area contributed by atoms with Crippen molar-refractivity contribution in [3.63, 3.8) is 0 Å². The number of hydrogen-bond acceptors (Lipinski definition) is 6. The number of nitrogens with one attached hydrogen (secondary N) is 2. The normalized spacial score (nSPS) is 23.2. The lowest BCUT2D eigenvalue weighted by Crippen LogP contribution is -2.24. The summed E-state index contributed by atoms with van der Waals surface area (Å²) in [7, 11) is 0. The van der Waals surface area contributed by atoms with E-state index in [0.717, 1.165) is 16.0 Å². The third kappa shape index (κ3) is 4.64. The first-order chi connectivity index (χ1) is 14.4. The molecular weight excluding hydrogens is 416 g/mol. The second-order valence-electron chi connectivity index (χ2n) is 8.09. The number of carbonyl (C=O) groups is 2. The number of benzene rings is 1. The molecule has 158 valence electrons. The average molecular weight is 443 g/mol. The van der Waals surface area contributed by atoms with Crippen molar-refractivity contribution >= 4 is 46.7 Å². The molecule has 1 fully saturated rings. The molecule has 0 bridgehead atoms. The standard InChI is InChI=1S/C22H26N4O2S2/c1-12-4-9-17-18(10-12)30-22-19(17)21(23-11-24-22)29-13(2)20(28)26-16-7-5-15(6-8-16)25-14(3)27/h5-8,11-13,17-18H,4,9-10H2,1-3H3,(H,25,27)(H,26,28). The van der Waals surface area contributed by atoms with E-state index in [1.165, 1.54) is 43.5 Å². The van der Waals surface area contributed by atoms with Crippen LogP contribution in [0.4, 0.5) is 11.4 Å². The molecule has 1 saturated carbocycles. The maximum absolute atomic E-state index is 12.8. The molecule has 8 heteroatoms. The van der Waals surface area contributed by atoms with Crippen molar-refractivity contribution in [2.75, 3.05) is 10.6 Å². The zero-order valence-corrected chi connectivity index (χ0v) is 19.0. The summed E-state index contributed by atoms with van der Waals surface area (Å²) in [6, 6.07) is 7.11. The number of fused-ring (bicyclic) bond motifs is 3. The Kier molecular flexibility index (Phi) is 6.34. The minimum Gasteiger partial charge on any atom is -0.326 e. The predicted molar refractivity (Wildman–Crippen MR) is 122 cm³/mol. The molecule has 1 aromatic heterocycles. The van der Waals surface area contributed by atoms with Crippen molar-refractivity contribution in [2.24, 2.45) is 5.92 Å². The van der Waals surface area contributed by atoms with Crippen LogP contribution < -0.4 is 10.6 Å². The van der Waals surface area contributed by atoms with Crippen LogP contribution in [0, 0.1) is 5.92 Å². The summed E-state index contributed by atoms with van der Waals surface area (Å²) in [6.07, 6.45) is 5.26. The fraction of sp³-hybridized carbons (Fsp3) is 0.455. The van der Waals surface area contributed by atoms with Gasteiger partial charge in [-0.1, -0.05) is 25.1 Å². The van der Waals surface area contributed by atoms with Crippen LogP contribution in [0.25, 0.3) is 0 Å². The van der Waals surface area contributed by atoms with E-state index in [1.54, 1.807) is 30.6 Å². The van der Waals surface area contributed by atoms with Crippen LogP contribution in [0.2, 0.25) is 0 Å². The molecule has 1 aromatic carbocycles. The minimum absolute atomic E-state index is 0.0703. The van der Waals surface area contributed by atoms with Gasteiger partial charge in [-0.05, 0) is 49.9 Å². The molecule has 2 amide bonds. The first kappa shape index (κ1) is 21.2. The lowest BCUT2D eigenvalue weighted by atomic mass is 9.80. The van der Waals surface area contributed by atoms with Gasteiger partial charge >= 0.3 is 0 Å². The van der Waals surface area contributed by atoms with Crippen molar-refractivity contribution in [2.45, 2.75) is 66.5 Å². The van der Waals surface area contributed by atoms with E-state index < -0.39 is 0 Å². The summed E-state index contributed by atoms with van der Waals surface area (Å²) in [4.78, 5) is 33.0. The first-order valence-corrected chi connectivity index (χ1v) is 12.0. The van der Waals surface area contributed by atoms with Crippen LogP contribution in [0.15, 0.2) is 40.6 Å². The topological polar surface area (TPSA) is 84.0 Å². The van der Waals surface area contributed by atoms with Gasteiger partial charge in [0.25, 0.3) is 0 Å². The van der Waals surface area contributed by atoms with Gasteiger partial charge < -0.3 is 10.6 Å². The fourth-order valence-corrected chi connectivity index (χ4v) is 6.79. The highest BCUT2D eigenvalue weighted by molar-refractivity contribution is 8.01. The third-order valence-corrected chi connectivity index (χ3v) is 8.12. The largest absolute Gasteiger partial charge is 0.326 e. The van der Waals surface area contributed by atoms with E-state index in [2.05, 4.69) is 27.5 Å². The predicted octanol–water partition coefficient (Wildman–Crippen LogP) is 4.93. The number of nitrogens with zero attached hydrogens (tertiary/aromatic N) is 2. The highest BCUT2D eigenvalue weighted by atomic mass is 32.2. The van der Waals surface area contributed by atoms with Gasteiger partial charge in [0, 0.05) is 35.0 Å².